The van der Waals surface area contributed by atoms with Crippen molar-refractivity contribution in [2.45, 2.75) is 18.4 Å². The molecule has 0 aliphatic heterocycles. The summed E-state index contributed by atoms with van der Waals surface area (Å²) in [7, 11) is -0.687. The fraction of sp³-hybridized carbons (Fsp3) is 0.278. The van der Waals surface area contributed by atoms with Gasteiger partial charge in [-0.15, -0.1) is 0 Å². The van der Waals surface area contributed by atoms with Gasteiger partial charge in [0.2, 0.25) is 15.9 Å². The van der Waals surface area contributed by atoms with E-state index in [0.29, 0.717) is 11.6 Å². The summed E-state index contributed by atoms with van der Waals surface area (Å²) in [6.45, 7) is 2.19. The van der Waals surface area contributed by atoms with Crippen molar-refractivity contribution < 1.29 is 13.2 Å². The van der Waals surface area contributed by atoms with Crippen molar-refractivity contribution in [3.63, 3.8) is 0 Å². The Labute approximate surface area is 153 Å². The highest BCUT2D eigenvalue weighted by Crippen LogP contribution is 2.17. The smallest absolute Gasteiger partial charge is 0.243 e. The van der Waals surface area contributed by atoms with E-state index in [9.17, 15) is 13.2 Å². The largest absolute Gasteiger partial charge is 0.340 e. The summed E-state index contributed by atoms with van der Waals surface area (Å²) < 4.78 is 26.1. The van der Waals surface area contributed by atoms with Gasteiger partial charge in [-0.2, -0.15) is 4.31 Å². The minimum atomic E-state index is -3.74. The fourth-order valence-electron chi connectivity index (χ4n) is 2.24. The molecule has 2 aromatic carbocycles. The van der Waals surface area contributed by atoms with Gasteiger partial charge in [-0.05, 0) is 36.8 Å². The second-order valence-electron chi connectivity index (χ2n) is 5.95. The Hall–Kier alpha value is -1.89. The molecule has 0 fully saturated rings. The van der Waals surface area contributed by atoms with Crippen molar-refractivity contribution in [2.24, 2.45) is 0 Å². The first-order chi connectivity index (χ1) is 11.7. The first-order valence-electron chi connectivity index (χ1n) is 7.71. The molecule has 0 unspecified atom stereocenters. The highest BCUT2D eigenvalue weighted by molar-refractivity contribution is 7.89. The number of aryl methyl sites for hydroxylation is 1. The van der Waals surface area contributed by atoms with E-state index in [1.54, 1.807) is 7.05 Å². The third kappa shape index (κ3) is 5.04. The van der Waals surface area contributed by atoms with Gasteiger partial charge in [-0.3, -0.25) is 4.79 Å². The zero-order valence-electron chi connectivity index (χ0n) is 14.4. The second-order valence-corrected chi connectivity index (χ2v) is 8.43. The Morgan fingerprint density at radius 1 is 1.00 bits per heavy atom. The van der Waals surface area contributed by atoms with Gasteiger partial charge in [0, 0.05) is 25.7 Å². The van der Waals surface area contributed by atoms with E-state index in [1.807, 2.05) is 31.2 Å². The van der Waals surface area contributed by atoms with Crippen LogP contribution in [0, 0.1) is 6.92 Å². The molecule has 0 aliphatic carbocycles. The number of hydrogen-bond acceptors (Lipinski definition) is 3. The minimum Gasteiger partial charge on any atom is -0.340 e. The average molecular weight is 381 g/mol. The summed E-state index contributed by atoms with van der Waals surface area (Å²) in [6, 6.07) is 13.7. The number of sulfonamides is 1. The van der Waals surface area contributed by atoms with Crippen molar-refractivity contribution in [1.29, 1.82) is 0 Å². The van der Waals surface area contributed by atoms with Gasteiger partial charge in [0.15, 0.2) is 0 Å². The van der Waals surface area contributed by atoms with Gasteiger partial charge in [0.05, 0.1) is 11.4 Å². The number of amides is 1. The second kappa shape index (κ2) is 7.99. The third-order valence-corrected chi connectivity index (χ3v) is 5.92. The predicted octanol–water partition coefficient (Wildman–Crippen LogP) is 2.93. The van der Waals surface area contributed by atoms with Gasteiger partial charge in [-0.25, -0.2) is 8.42 Å². The van der Waals surface area contributed by atoms with Crippen LogP contribution in [-0.2, 0) is 21.4 Å². The van der Waals surface area contributed by atoms with E-state index < -0.39 is 10.0 Å². The molecule has 0 heterocycles. The summed E-state index contributed by atoms with van der Waals surface area (Å²) in [4.78, 5) is 14.0. The zero-order valence-corrected chi connectivity index (χ0v) is 16.0. The maximum absolute atomic E-state index is 12.5. The van der Waals surface area contributed by atoms with Gasteiger partial charge in [0.1, 0.15) is 0 Å². The summed E-state index contributed by atoms with van der Waals surface area (Å²) in [6.07, 6.45) is 0. The average Bonchev–Trinajstić information content (AvgIpc) is 2.57. The Bertz CT molecular complexity index is 834. The Kier molecular flexibility index (Phi) is 6.21. The van der Waals surface area contributed by atoms with Gasteiger partial charge in [-0.1, -0.05) is 41.4 Å². The molecule has 0 bridgehead atoms. The maximum atomic E-state index is 12.5. The van der Waals surface area contributed by atoms with E-state index in [0.717, 1.165) is 15.4 Å². The highest BCUT2D eigenvalue weighted by Gasteiger charge is 2.24. The molecule has 0 N–H and O–H groups in total. The summed E-state index contributed by atoms with van der Waals surface area (Å²) >= 11 is 5.78. The van der Waals surface area contributed by atoms with E-state index in [1.165, 1.54) is 36.2 Å². The van der Waals surface area contributed by atoms with Crippen molar-refractivity contribution >= 4 is 27.5 Å². The molecule has 0 aliphatic rings. The van der Waals surface area contributed by atoms with Crippen LogP contribution in [0.5, 0.6) is 0 Å². The lowest BCUT2D eigenvalue weighted by atomic mass is 10.1. The summed E-state index contributed by atoms with van der Waals surface area (Å²) in [5.41, 5.74) is 2.14. The molecule has 0 spiro atoms. The normalized spacial score (nSPS) is 11.6. The molecule has 0 saturated carbocycles. The molecule has 0 saturated heterocycles. The standard InChI is InChI=1S/C18H21ClN2O3S/c1-14-4-6-15(7-5-14)12-20(2)18(22)13-21(3)25(23,24)17-10-8-16(19)9-11-17/h4-11H,12-13H2,1-3H3. The number of carbonyl (C=O) groups is 1. The van der Waals surface area contributed by atoms with Crippen LogP contribution in [-0.4, -0.2) is 44.2 Å². The van der Waals surface area contributed by atoms with Crippen LogP contribution >= 0.6 is 11.6 Å². The number of halogens is 1. The molecule has 2 aromatic rings. The lowest BCUT2D eigenvalue weighted by Gasteiger charge is -2.22. The minimum absolute atomic E-state index is 0.105. The first kappa shape index (κ1) is 19.4. The van der Waals surface area contributed by atoms with Gasteiger partial charge >= 0.3 is 0 Å². The molecule has 0 aromatic heterocycles. The van der Waals surface area contributed by atoms with Crippen LogP contribution < -0.4 is 0 Å². The molecule has 0 atom stereocenters. The highest BCUT2D eigenvalue weighted by atomic mass is 35.5. The number of nitrogens with zero attached hydrogens (tertiary/aromatic N) is 2. The van der Waals surface area contributed by atoms with Crippen molar-refractivity contribution in [3.05, 3.63) is 64.7 Å². The SMILES string of the molecule is Cc1ccc(CN(C)C(=O)CN(C)S(=O)(=O)c2ccc(Cl)cc2)cc1. The van der Waals surface area contributed by atoms with Crippen LogP contribution in [0.2, 0.25) is 5.02 Å². The number of carbonyl (C=O) groups excluding carboxylic acids is 1. The van der Waals surface area contributed by atoms with Crippen LogP contribution in [0.3, 0.4) is 0 Å². The quantitative estimate of drug-likeness (QED) is 0.774. The van der Waals surface area contributed by atoms with E-state index in [-0.39, 0.29) is 17.3 Å². The van der Waals surface area contributed by atoms with Crippen molar-refractivity contribution in [3.8, 4) is 0 Å². The number of benzene rings is 2. The van der Waals surface area contributed by atoms with Crippen LogP contribution in [0.15, 0.2) is 53.4 Å². The molecule has 1 amide bonds. The third-order valence-electron chi connectivity index (χ3n) is 3.85. The van der Waals surface area contributed by atoms with Crippen molar-refractivity contribution in [2.75, 3.05) is 20.6 Å². The Morgan fingerprint density at radius 2 is 1.56 bits per heavy atom. The van der Waals surface area contributed by atoms with Gasteiger partial charge < -0.3 is 4.90 Å². The number of hydrogen-bond donors (Lipinski definition) is 0. The van der Waals surface area contributed by atoms with Crippen molar-refractivity contribution in [1.82, 2.24) is 9.21 Å². The van der Waals surface area contributed by atoms with E-state index in [4.69, 9.17) is 11.6 Å². The maximum Gasteiger partial charge on any atom is 0.243 e. The summed E-state index contributed by atoms with van der Waals surface area (Å²) in [5, 5.41) is 0.454. The lowest BCUT2D eigenvalue weighted by molar-refractivity contribution is -0.130. The van der Waals surface area contributed by atoms with Crippen LogP contribution in [0.1, 0.15) is 11.1 Å². The first-order valence-corrected chi connectivity index (χ1v) is 9.53. The van der Waals surface area contributed by atoms with E-state index in [2.05, 4.69) is 0 Å². The molecular weight excluding hydrogens is 360 g/mol. The van der Waals surface area contributed by atoms with Crippen LogP contribution in [0.4, 0.5) is 0 Å². The number of likely N-dealkylation sites (N-methyl/N-ethyl adjacent to an activating group) is 2. The molecule has 2 rings (SSSR count). The van der Waals surface area contributed by atoms with E-state index >= 15 is 0 Å². The lowest BCUT2D eigenvalue weighted by Crippen LogP contribution is -2.39. The Morgan fingerprint density at radius 3 is 2.12 bits per heavy atom. The summed E-state index contributed by atoms with van der Waals surface area (Å²) in [5.74, 6) is -0.277. The monoisotopic (exact) mass is 380 g/mol. The van der Waals surface area contributed by atoms with Crippen LogP contribution in [0.25, 0.3) is 0 Å². The molecular formula is C18H21ClN2O3S. The molecule has 7 heteroatoms. The topological polar surface area (TPSA) is 57.7 Å². The Balaban J connectivity index is 2.03. The molecule has 5 nitrogen and oxygen atoms in total. The zero-order chi connectivity index (χ0) is 18.6. The number of rotatable bonds is 6. The molecule has 25 heavy (non-hydrogen) atoms. The van der Waals surface area contributed by atoms with Gasteiger partial charge in [0.25, 0.3) is 0 Å². The fourth-order valence-corrected chi connectivity index (χ4v) is 3.48. The molecule has 0 radical (unpaired) electrons. The molecule has 134 valence electrons. The predicted molar refractivity (Wildman–Crippen MR) is 98.9 cm³/mol.